The monoisotopic (exact) mass is 330 g/mol. The van der Waals surface area contributed by atoms with Gasteiger partial charge in [0.25, 0.3) is 0 Å². The van der Waals surface area contributed by atoms with Gasteiger partial charge in [-0.2, -0.15) is 0 Å². The summed E-state index contributed by atoms with van der Waals surface area (Å²) in [4.78, 5) is 23.6. The quantitative estimate of drug-likeness (QED) is 0.768. The molecule has 2 amide bonds. The highest BCUT2D eigenvalue weighted by Crippen LogP contribution is 2.41. The van der Waals surface area contributed by atoms with Crippen molar-refractivity contribution in [3.8, 4) is 0 Å². The lowest BCUT2D eigenvalue weighted by atomic mass is 9.67. The Hall–Kier alpha value is -2.05. The predicted octanol–water partition coefficient (Wildman–Crippen LogP) is 2.32. The lowest BCUT2D eigenvalue weighted by molar-refractivity contribution is -0.141. The molecule has 1 aromatic carbocycles. The summed E-state index contributed by atoms with van der Waals surface area (Å²) in [5.74, 6) is -1.36. The highest BCUT2D eigenvalue weighted by atomic mass is 19.1. The van der Waals surface area contributed by atoms with Crippen molar-refractivity contribution in [3.05, 3.63) is 35.4 Å². The van der Waals surface area contributed by atoms with Crippen LogP contribution in [0, 0.1) is 10.8 Å². The summed E-state index contributed by atoms with van der Waals surface area (Å²) >= 11 is 0. The average Bonchev–Trinajstić information content (AvgIpc) is 2.54. The third kappa shape index (κ3) is 3.65. The van der Waals surface area contributed by atoms with E-state index in [-0.39, 0.29) is 12.1 Å². The first-order chi connectivity index (χ1) is 10.8. The van der Waals surface area contributed by atoms with Crippen LogP contribution in [-0.2, 0) is 11.3 Å². The second-order valence-electron chi connectivity index (χ2n) is 6.01. The van der Waals surface area contributed by atoms with Crippen LogP contribution < -0.4 is 11.1 Å². The number of amides is 2. The number of alkyl halides is 3. The predicted molar refractivity (Wildman–Crippen MR) is 80.9 cm³/mol. The standard InChI is InChI=1S/C16H21F3N2O2/c1-15(2,16(8-17,9-18)10-19)14(23)21-7-11-5-3-4-6-12(11)13(20)22/h3-6H,7-10H2,1-2H3,(H2,20,22)(H,21,23). The third-order valence-corrected chi connectivity index (χ3v) is 4.38. The second kappa shape index (κ2) is 7.48. The second-order valence-corrected chi connectivity index (χ2v) is 6.01. The summed E-state index contributed by atoms with van der Waals surface area (Å²) in [7, 11) is 0. The van der Waals surface area contributed by atoms with E-state index in [1.807, 2.05) is 0 Å². The molecule has 4 nitrogen and oxygen atoms in total. The Morgan fingerprint density at radius 2 is 1.61 bits per heavy atom. The fraction of sp³-hybridized carbons (Fsp3) is 0.500. The molecule has 23 heavy (non-hydrogen) atoms. The number of nitrogens with two attached hydrogens (primary N) is 1. The Morgan fingerprint density at radius 3 is 2.09 bits per heavy atom. The number of carbonyl (C=O) groups is 2. The molecule has 0 aliphatic rings. The van der Waals surface area contributed by atoms with Crippen LogP contribution in [0.1, 0.15) is 29.8 Å². The molecular weight excluding hydrogens is 309 g/mol. The maximum atomic E-state index is 13.2. The lowest BCUT2D eigenvalue weighted by Crippen LogP contribution is -2.52. The summed E-state index contributed by atoms with van der Waals surface area (Å²) in [6.07, 6.45) is 0. The van der Waals surface area contributed by atoms with E-state index in [0.29, 0.717) is 5.56 Å². The van der Waals surface area contributed by atoms with Crippen molar-refractivity contribution >= 4 is 11.8 Å². The van der Waals surface area contributed by atoms with Crippen molar-refractivity contribution in [3.63, 3.8) is 0 Å². The molecule has 0 aliphatic carbocycles. The maximum absolute atomic E-state index is 13.2. The van der Waals surface area contributed by atoms with Gasteiger partial charge in [0.15, 0.2) is 0 Å². The smallest absolute Gasteiger partial charge is 0.249 e. The molecule has 0 aromatic heterocycles. The number of hydrogen-bond acceptors (Lipinski definition) is 2. The van der Waals surface area contributed by atoms with Crippen LogP contribution in [0.5, 0.6) is 0 Å². The van der Waals surface area contributed by atoms with Gasteiger partial charge in [-0.1, -0.05) is 32.0 Å². The third-order valence-electron chi connectivity index (χ3n) is 4.38. The molecule has 1 rings (SSSR count). The van der Waals surface area contributed by atoms with Crippen molar-refractivity contribution in [1.82, 2.24) is 5.32 Å². The van der Waals surface area contributed by atoms with E-state index < -0.39 is 42.7 Å². The zero-order valence-corrected chi connectivity index (χ0v) is 13.2. The van der Waals surface area contributed by atoms with Crippen molar-refractivity contribution in [2.24, 2.45) is 16.6 Å². The number of primary amides is 1. The van der Waals surface area contributed by atoms with E-state index in [4.69, 9.17) is 5.73 Å². The molecule has 0 radical (unpaired) electrons. The Labute approximate surface area is 133 Å². The molecule has 0 fully saturated rings. The molecule has 0 unspecified atom stereocenters. The number of rotatable bonds is 8. The number of nitrogens with one attached hydrogen (secondary N) is 1. The molecule has 128 valence electrons. The van der Waals surface area contributed by atoms with Crippen LogP contribution in [-0.4, -0.2) is 31.8 Å². The molecule has 0 spiro atoms. The van der Waals surface area contributed by atoms with E-state index in [1.54, 1.807) is 18.2 Å². The summed E-state index contributed by atoms with van der Waals surface area (Å²) in [6, 6.07) is 6.38. The van der Waals surface area contributed by atoms with E-state index in [2.05, 4.69) is 5.32 Å². The van der Waals surface area contributed by atoms with Crippen LogP contribution in [0.25, 0.3) is 0 Å². The van der Waals surface area contributed by atoms with E-state index in [9.17, 15) is 22.8 Å². The molecule has 3 N–H and O–H groups in total. The van der Waals surface area contributed by atoms with Gasteiger partial charge in [-0.3, -0.25) is 22.8 Å². The minimum Gasteiger partial charge on any atom is -0.366 e. The van der Waals surface area contributed by atoms with Gasteiger partial charge >= 0.3 is 0 Å². The maximum Gasteiger partial charge on any atom is 0.249 e. The Kier molecular flexibility index (Phi) is 6.18. The zero-order valence-electron chi connectivity index (χ0n) is 13.2. The molecule has 1 aromatic rings. The van der Waals surface area contributed by atoms with Gasteiger partial charge in [0.05, 0.1) is 10.8 Å². The van der Waals surface area contributed by atoms with E-state index >= 15 is 0 Å². The molecule has 0 atom stereocenters. The van der Waals surface area contributed by atoms with Crippen LogP contribution in [0.15, 0.2) is 24.3 Å². The Morgan fingerprint density at radius 1 is 1.09 bits per heavy atom. The largest absolute Gasteiger partial charge is 0.366 e. The topological polar surface area (TPSA) is 72.2 Å². The highest BCUT2D eigenvalue weighted by molar-refractivity contribution is 5.94. The first-order valence-corrected chi connectivity index (χ1v) is 7.09. The normalized spacial score (nSPS) is 12.0. The van der Waals surface area contributed by atoms with Gasteiger partial charge in [-0.05, 0) is 11.6 Å². The van der Waals surface area contributed by atoms with Crippen LogP contribution in [0.2, 0.25) is 0 Å². The lowest BCUT2D eigenvalue weighted by Gasteiger charge is -2.39. The van der Waals surface area contributed by atoms with Gasteiger partial charge in [-0.15, -0.1) is 0 Å². The van der Waals surface area contributed by atoms with Crippen molar-refractivity contribution in [2.75, 3.05) is 20.0 Å². The van der Waals surface area contributed by atoms with Crippen molar-refractivity contribution in [1.29, 1.82) is 0 Å². The van der Waals surface area contributed by atoms with Crippen LogP contribution in [0.4, 0.5) is 13.2 Å². The summed E-state index contributed by atoms with van der Waals surface area (Å²) in [5.41, 5.74) is 2.31. The zero-order chi connectivity index (χ0) is 17.7. The van der Waals surface area contributed by atoms with Crippen molar-refractivity contribution in [2.45, 2.75) is 20.4 Å². The van der Waals surface area contributed by atoms with Crippen molar-refractivity contribution < 1.29 is 22.8 Å². The SMILES string of the molecule is CC(C)(C(=O)NCc1ccccc1C(N)=O)C(CF)(CF)CF. The van der Waals surface area contributed by atoms with Gasteiger partial charge in [0, 0.05) is 12.1 Å². The van der Waals surface area contributed by atoms with Gasteiger partial charge in [0.1, 0.15) is 20.0 Å². The molecule has 7 heteroatoms. The molecule has 0 bridgehead atoms. The summed E-state index contributed by atoms with van der Waals surface area (Å²) < 4.78 is 39.5. The molecule has 0 heterocycles. The summed E-state index contributed by atoms with van der Waals surface area (Å²) in [6.45, 7) is -1.35. The average molecular weight is 330 g/mol. The molecule has 0 aliphatic heterocycles. The number of benzene rings is 1. The fourth-order valence-corrected chi connectivity index (χ4v) is 2.16. The number of carbonyl (C=O) groups excluding carboxylic acids is 2. The highest BCUT2D eigenvalue weighted by Gasteiger charge is 2.50. The minimum absolute atomic E-state index is 0.0533. The Balaban J connectivity index is 2.94. The van der Waals surface area contributed by atoms with E-state index in [0.717, 1.165) is 0 Å². The van der Waals surface area contributed by atoms with Gasteiger partial charge < -0.3 is 11.1 Å². The number of halogens is 3. The summed E-state index contributed by atoms with van der Waals surface area (Å²) in [5, 5.41) is 2.50. The van der Waals surface area contributed by atoms with Gasteiger partial charge in [0.2, 0.25) is 11.8 Å². The molecule has 0 saturated carbocycles. The molecule has 0 saturated heterocycles. The first-order valence-electron chi connectivity index (χ1n) is 7.09. The van der Waals surface area contributed by atoms with Crippen LogP contribution >= 0.6 is 0 Å². The minimum atomic E-state index is -2.03. The fourth-order valence-electron chi connectivity index (χ4n) is 2.16. The molecular formula is C16H21F3N2O2. The van der Waals surface area contributed by atoms with Crippen LogP contribution in [0.3, 0.4) is 0 Å². The van der Waals surface area contributed by atoms with Gasteiger partial charge in [-0.25, -0.2) is 0 Å². The first kappa shape index (κ1) is 19.0. The number of hydrogen-bond donors (Lipinski definition) is 2. The Bertz CT molecular complexity index is 564. The van der Waals surface area contributed by atoms with E-state index in [1.165, 1.54) is 19.9 Å².